The number of nitrogens with zero attached hydrogens (tertiary/aromatic N) is 2. The van der Waals surface area contributed by atoms with Gasteiger partial charge >= 0.3 is 0 Å². The van der Waals surface area contributed by atoms with Crippen molar-refractivity contribution in [1.29, 1.82) is 0 Å². The Hall–Kier alpha value is -1.43. The Morgan fingerprint density at radius 3 is 2.50 bits per heavy atom. The smallest absolute Gasteiger partial charge is 0.222 e. The minimum atomic E-state index is -0.515. The lowest BCUT2D eigenvalue weighted by Crippen LogP contribution is -2.45. The molecular weight excluding hydrogens is 304 g/mol. The van der Waals surface area contributed by atoms with Gasteiger partial charge in [-0.2, -0.15) is 0 Å². The lowest BCUT2D eigenvalue weighted by molar-refractivity contribution is -0.131. The van der Waals surface area contributed by atoms with Crippen LogP contribution in [0, 0.1) is 13.8 Å². The van der Waals surface area contributed by atoms with Crippen LogP contribution in [0.4, 0.5) is 0 Å². The predicted molar refractivity (Wildman–Crippen MR) is 95.1 cm³/mol. The lowest BCUT2D eigenvalue weighted by atomic mass is 10.0. The number of morpholine rings is 1. The van der Waals surface area contributed by atoms with Gasteiger partial charge in [-0.3, -0.25) is 9.69 Å². The van der Waals surface area contributed by atoms with Crippen LogP contribution in [-0.2, 0) is 16.0 Å². The van der Waals surface area contributed by atoms with Crippen molar-refractivity contribution < 1.29 is 14.6 Å². The number of carbonyl (C=O) groups excluding carboxylic acids is 1. The molecule has 0 radical (unpaired) electrons. The monoisotopic (exact) mass is 334 g/mol. The number of rotatable bonds is 7. The fourth-order valence-electron chi connectivity index (χ4n) is 3.21. The zero-order valence-corrected chi connectivity index (χ0v) is 15.1. The van der Waals surface area contributed by atoms with Crippen molar-refractivity contribution >= 4 is 5.91 Å². The van der Waals surface area contributed by atoms with Gasteiger partial charge in [-0.05, 0) is 25.8 Å². The molecule has 0 saturated carbocycles. The van der Waals surface area contributed by atoms with Crippen LogP contribution in [0.25, 0.3) is 0 Å². The summed E-state index contributed by atoms with van der Waals surface area (Å²) in [5.74, 6) is 0.0789. The van der Waals surface area contributed by atoms with E-state index in [2.05, 4.69) is 36.9 Å². The second-order valence-corrected chi connectivity index (χ2v) is 6.84. The molecule has 134 valence electrons. The van der Waals surface area contributed by atoms with Crippen molar-refractivity contribution in [1.82, 2.24) is 9.80 Å². The van der Waals surface area contributed by atoms with Crippen LogP contribution < -0.4 is 0 Å². The Balaban J connectivity index is 1.74. The van der Waals surface area contributed by atoms with Gasteiger partial charge in [-0.1, -0.05) is 29.3 Å². The van der Waals surface area contributed by atoms with E-state index in [0.717, 1.165) is 32.7 Å². The number of hydrogen-bond donors (Lipinski definition) is 1. The highest BCUT2D eigenvalue weighted by molar-refractivity contribution is 5.76. The van der Waals surface area contributed by atoms with Gasteiger partial charge < -0.3 is 14.7 Å². The second kappa shape index (κ2) is 9.16. The minimum absolute atomic E-state index is 0.0789. The van der Waals surface area contributed by atoms with Crippen LogP contribution in [0.15, 0.2) is 18.2 Å². The molecule has 1 heterocycles. The van der Waals surface area contributed by atoms with Gasteiger partial charge in [0.05, 0.1) is 19.3 Å². The van der Waals surface area contributed by atoms with Crippen molar-refractivity contribution in [2.45, 2.75) is 32.8 Å². The molecule has 0 aliphatic carbocycles. The number of aryl methyl sites for hydroxylation is 3. The first-order chi connectivity index (χ1) is 11.4. The number of benzene rings is 1. The summed E-state index contributed by atoms with van der Waals surface area (Å²) >= 11 is 0. The predicted octanol–water partition coefficient (Wildman–Crippen LogP) is 1.39. The molecule has 1 aliphatic rings. The average Bonchev–Trinajstić information content (AvgIpc) is 2.52. The van der Waals surface area contributed by atoms with E-state index in [0.29, 0.717) is 19.5 Å². The summed E-state index contributed by atoms with van der Waals surface area (Å²) in [4.78, 5) is 16.1. The first kappa shape index (κ1) is 18.9. The largest absolute Gasteiger partial charge is 0.390 e. The van der Waals surface area contributed by atoms with Crippen molar-refractivity contribution in [3.63, 3.8) is 0 Å². The van der Waals surface area contributed by atoms with Gasteiger partial charge in [0.2, 0.25) is 5.91 Å². The summed E-state index contributed by atoms with van der Waals surface area (Å²) in [6.45, 7) is 8.26. The SMILES string of the molecule is Cc1cc(C)cc(CCC(=O)N(C)CC(O)CN2CCOCC2)c1. The summed E-state index contributed by atoms with van der Waals surface area (Å²) in [5.41, 5.74) is 3.65. The molecule has 5 heteroatoms. The van der Waals surface area contributed by atoms with E-state index in [1.165, 1.54) is 16.7 Å². The molecular formula is C19H30N2O3. The van der Waals surface area contributed by atoms with Gasteiger partial charge in [0.15, 0.2) is 0 Å². The van der Waals surface area contributed by atoms with Crippen LogP contribution in [0.1, 0.15) is 23.1 Å². The zero-order valence-electron chi connectivity index (χ0n) is 15.1. The highest BCUT2D eigenvalue weighted by Crippen LogP contribution is 2.11. The Morgan fingerprint density at radius 1 is 1.25 bits per heavy atom. The van der Waals surface area contributed by atoms with Gasteiger partial charge in [0.25, 0.3) is 0 Å². The third-order valence-corrected chi connectivity index (χ3v) is 4.39. The zero-order chi connectivity index (χ0) is 17.5. The fraction of sp³-hybridized carbons (Fsp3) is 0.632. The molecule has 0 bridgehead atoms. The number of aliphatic hydroxyl groups is 1. The summed E-state index contributed by atoms with van der Waals surface area (Å²) in [7, 11) is 1.77. The first-order valence-corrected chi connectivity index (χ1v) is 8.73. The van der Waals surface area contributed by atoms with Crippen molar-refractivity contribution in [3.05, 3.63) is 34.9 Å². The molecule has 1 amide bonds. The maximum absolute atomic E-state index is 12.3. The summed E-state index contributed by atoms with van der Waals surface area (Å²) in [6.07, 6.45) is 0.702. The molecule has 1 aromatic carbocycles. The molecule has 24 heavy (non-hydrogen) atoms. The van der Waals surface area contributed by atoms with Crippen LogP contribution in [-0.4, -0.2) is 73.4 Å². The van der Waals surface area contributed by atoms with E-state index in [9.17, 15) is 9.90 Å². The summed E-state index contributed by atoms with van der Waals surface area (Å²) in [5, 5.41) is 10.2. The molecule has 0 aromatic heterocycles. The molecule has 0 spiro atoms. The van der Waals surface area contributed by atoms with Crippen molar-refractivity contribution in [2.24, 2.45) is 0 Å². The van der Waals surface area contributed by atoms with Crippen molar-refractivity contribution in [2.75, 3.05) is 46.4 Å². The molecule has 1 fully saturated rings. The summed E-state index contributed by atoms with van der Waals surface area (Å²) in [6, 6.07) is 6.40. The van der Waals surface area contributed by atoms with Crippen molar-refractivity contribution in [3.8, 4) is 0 Å². The van der Waals surface area contributed by atoms with E-state index in [1.807, 2.05) is 0 Å². The third kappa shape index (κ3) is 6.23. The fourth-order valence-corrected chi connectivity index (χ4v) is 3.21. The number of hydrogen-bond acceptors (Lipinski definition) is 4. The van der Waals surface area contributed by atoms with Crippen LogP contribution in [0.5, 0.6) is 0 Å². The van der Waals surface area contributed by atoms with E-state index in [-0.39, 0.29) is 5.91 Å². The number of aliphatic hydroxyl groups excluding tert-OH is 1. The molecule has 2 rings (SSSR count). The van der Waals surface area contributed by atoms with Crippen LogP contribution in [0.3, 0.4) is 0 Å². The van der Waals surface area contributed by atoms with Crippen LogP contribution >= 0.6 is 0 Å². The third-order valence-electron chi connectivity index (χ3n) is 4.39. The van der Waals surface area contributed by atoms with E-state index >= 15 is 0 Å². The van der Waals surface area contributed by atoms with Gasteiger partial charge in [0.1, 0.15) is 0 Å². The van der Waals surface area contributed by atoms with Gasteiger partial charge in [-0.25, -0.2) is 0 Å². The number of amides is 1. The second-order valence-electron chi connectivity index (χ2n) is 6.84. The topological polar surface area (TPSA) is 53.0 Å². The average molecular weight is 334 g/mol. The Morgan fingerprint density at radius 2 is 1.88 bits per heavy atom. The molecule has 1 N–H and O–H groups in total. The van der Waals surface area contributed by atoms with E-state index in [1.54, 1.807) is 11.9 Å². The standard InChI is InChI=1S/C19H30N2O3/c1-15-10-16(2)12-17(11-15)4-5-19(23)20(3)13-18(22)14-21-6-8-24-9-7-21/h10-12,18,22H,4-9,13-14H2,1-3H3. The molecule has 1 aromatic rings. The molecule has 1 saturated heterocycles. The van der Waals surface area contributed by atoms with E-state index in [4.69, 9.17) is 4.74 Å². The number of likely N-dealkylation sites (N-methyl/N-ethyl adjacent to an activating group) is 1. The Kier molecular flexibility index (Phi) is 7.21. The molecule has 1 aliphatic heterocycles. The van der Waals surface area contributed by atoms with E-state index < -0.39 is 6.10 Å². The highest BCUT2D eigenvalue weighted by atomic mass is 16.5. The number of ether oxygens (including phenoxy) is 1. The minimum Gasteiger partial charge on any atom is -0.390 e. The quantitative estimate of drug-likeness (QED) is 0.819. The first-order valence-electron chi connectivity index (χ1n) is 8.73. The number of β-amino-alcohol motifs (C(OH)–C–C–N with tert-alkyl or cyclic N) is 1. The molecule has 5 nitrogen and oxygen atoms in total. The molecule has 1 atom stereocenters. The highest BCUT2D eigenvalue weighted by Gasteiger charge is 2.18. The lowest BCUT2D eigenvalue weighted by Gasteiger charge is -2.30. The Bertz CT molecular complexity index is 521. The van der Waals surface area contributed by atoms with Crippen LogP contribution in [0.2, 0.25) is 0 Å². The normalized spacial score (nSPS) is 16.8. The summed E-state index contributed by atoms with van der Waals surface area (Å²) < 4.78 is 5.30. The van der Waals surface area contributed by atoms with Gasteiger partial charge in [-0.15, -0.1) is 0 Å². The Labute approximate surface area is 145 Å². The van der Waals surface area contributed by atoms with Gasteiger partial charge in [0, 0.05) is 39.6 Å². The maximum atomic E-state index is 12.3. The maximum Gasteiger partial charge on any atom is 0.222 e. The molecule has 1 unspecified atom stereocenters. The number of carbonyl (C=O) groups is 1.